The molecule has 1 amide bonds. The van der Waals surface area contributed by atoms with E-state index in [-0.39, 0.29) is 12.0 Å². The molecule has 1 aromatic heterocycles. The zero-order chi connectivity index (χ0) is 21.4. The molecule has 3 aromatic rings. The van der Waals surface area contributed by atoms with Crippen LogP contribution in [0.1, 0.15) is 34.9 Å². The summed E-state index contributed by atoms with van der Waals surface area (Å²) < 4.78 is 26.6. The van der Waals surface area contributed by atoms with Crippen molar-refractivity contribution in [3.63, 3.8) is 0 Å². The van der Waals surface area contributed by atoms with Gasteiger partial charge in [-0.2, -0.15) is 0 Å². The van der Waals surface area contributed by atoms with Crippen LogP contribution >= 0.6 is 0 Å². The minimum atomic E-state index is -1.50. The van der Waals surface area contributed by atoms with Crippen molar-refractivity contribution in [2.75, 3.05) is 0 Å². The van der Waals surface area contributed by atoms with Gasteiger partial charge in [-0.1, -0.05) is 30.3 Å². The smallest absolute Gasteiger partial charge is 0.257 e. The molecule has 2 atom stereocenters. The number of benzene rings is 2. The molecule has 1 aliphatic carbocycles. The van der Waals surface area contributed by atoms with Gasteiger partial charge in [0.2, 0.25) is 5.88 Å². The van der Waals surface area contributed by atoms with Crippen molar-refractivity contribution < 1.29 is 18.5 Å². The van der Waals surface area contributed by atoms with Crippen LogP contribution in [0.4, 0.5) is 0 Å². The minimum absolute atomic E-state index is 0.0714. The molecule has 2 heterocycles. The van der Waals surface area contributed by atoms with E-state index >= 15 is 0 Å². The number of rotatable bonds is 5. The van der Waals surface area contributed by atoms with Gasteiger partial charge in [0.05, 0.1) is 4.91 Å². The normalized spacial score (nSPS) is 19.5. The Morgan fingerprint density at radius 1 is 1.06 bits per heavy atom. The molecule has 1 aliphatic heterocycles. The van der Waals surface area contributed by atoms with Gasteiger partial charge in [0.1, 0.15) is 17.6 Å². The monoisotopic (exact) mass is 432 g/mol. The second kappa shape index (κ2) is 8.00. The number of pyridine rings is 1. The van der Waals surface area contributed by atoms with Gasteiger partial charge >= 0.3 is 0 Å². The Morgan fingerprint density at radius 3 is 2.61 bits per heavy atom. The Bertz CT molecular complexity index is 1220. The first-order valence-corrected chi connectivity index (χ1v) is 11.2. The molecule has 0 fully saturated rings. The van der Waals surface area contributed by atoms with Gasteiger partial charge in [-0.25, -0.2) is 9.19 Å². The summed E-state index contributed by atoms with van der Waals surface area (Å²) in [7, 11) is -1.50. The Morgan fingerprint density at radius 2 is 1.87 bits per heavy atom. The van der Waals surface area contributed by atoms with Crippen molar-refractivity contribution >= 4 is 21.8 Å². The molecule has 1 unspecified atom stereocenters. The SMILES string of the molecule is Cc1cccc(Oc2cccc3c2CC[C@H]3Oc2ccc(C3=CC(=O)NS3=O)cc2)n1. The maximum Gasteiger partial charge on any atom is 0.257 e. The highest BCUT2D eigenvalue weighted by atomic mass is 32.2. The number of nitrogens with one attached hydrogen (secondary N) is 1. The molecule has 2 aromatic carbocycles. The Labute approximate surface area is 182 Å². The number of ether oxygens (including phenoxy) is 2. The Balaban J connectivity index is 1.33. The second-order valence-electron chi connectivity index (χ2n) is 7.46. The van der Waals surface area contributed by atoms with Crippen LogP contribution in [0.25, 0.3) is 4.91 Å². The average molecular weight is 433 g/mol. The first-order chi connectivity index (χ1) is 15.1. The molecule has 31 heavy (non-hydrogen) atoms. The van der Waals surface area contributed by atoms with Crippen LogP contribution in [0.2, 0.25) is 0 Å². The number of fused-ring (bicyclic) bond motifs is 1. The fourth-order valence-corrected chi connectivity index (χ4v) is 4.80. The van der Waals surface area contributed by atoms with E-state index in [2.05, 4.69) is 15.8 Å². The van der Waals surface area contributed by atoms with Crippen molar-refractivity contribution in [3.8, 4) is 17.4 Å². The first kappa shape index (κ1) is 19.5. The van der Waals surface area contributed by atoms with Gasteiger partial charge in [-0.15, -0.1) is 0 Å². The fraction of sp³-hybridized carbons (Fsp3) is 0.167. The van der Waals surface area contributed by atoms with E-state index in [9.17, 15) is 9.00 Å². The van der Waals surface area contributed by atoms with Crippen LogP contribution in [0.5, 0.6) is 17.4 Å². The van der Waals surface area contributed by atoms with Crippen molar-refractivity contribution in [2.24, 2.45) is 0 Å². The molecule has 0 radical (unpaired) electrons. The van der Waals surface area contributed by atoms with Gasteiger partial charge in [0.15, 0.2) is 11.0 Å². The lowest BCUT2D eigenvalue weighted by molar-refractivity contribution is -0.114. The summed E-state index contributed by atoms with van der Waals surface area (Å²) in [6.07, 6.45) is 3.01. The summed E-state index contributed by atoms with van der Waals surface area (Å²) >= 11 is 0. The van der Waals surface area contributed by atoms with E-state index in [0.717, 1.165) is 46.7 Å². The number of carbonyl (C=O) groups excluding carboxylic acids is 1. The molecule has 0 saturated heterocycles. The molecule has 0 bridgehead atoms. The summed E-state index contributed by atoms with van der Waals surface area (Å²) in [4.78, 5) is 16.3. The minimum Gasteiger partial charge on any atom is -0.486 e. The highest BCUT2D eigenvalue weighted by molar-refractivity contribution is 7.93. The van der Waals surface area contributed by atoms with E-state index in [1.54, 1.807) is 0 Å². The van der Waals surface area contributed by atoms with Crippen molar-refractivity contribution in [2.45, 2.75) is 25.9 Å². The highest BCUT2D eigenvalue weighted by Gasteiger charge is 2.27. The number of aromatic nitrogens is 1. The van der Waals surface area contributed by atoms with Gasteiger partial charge < -0.3 is 9.47 Å². The van der Waals surface area contributed by atoms with E-state index in [1.165, 1.54) is 6.08 Å². The van der Waals surface area contributed by atoms with Crippen LogP contribution in [0.3, 0.4) is 0 Å². The topological polar surface area (TPSA) is 77.5 Å². The predicted octanol–water partition coefficient (Wildman–Crippen LogP) is 4.38. The lowest BCUT2D eigenvalue weighted by Gasteiger charge is -2.16. The Hall–Kier alpha value is -3.45. The summed E-state index contributed by atoms with van der Waals surface area (Å²) in [5.41, 5.74) is 3.90. The van der Waals surface area contributed by atoms with Crippen molar-refractivity contribution in [1.82, 2.24) is 9.71 Å². The molecular formula is C24H20N2O4S. The third-order valence-corrected chi connectivity index (χ3v) is 6.46. The molecule has 5 rings (SSSR count). The summed E-state index contributed by atoms with van der Waals surface area (Å²) in [6, 6.07) is 19.0. The second-order valence-corrected chi connectivity index (χ2v) is 8.64. The van der Waals surface area contributed by atoms with Crippen LogP contribution in [0, 0.1) is 6.92 Å². The van der Waals surface area contributed by atoms with Gasteiger partial charge in [-0.05, 0) is 55.2 Å². The molecule has 0 saturated carbocycles. The van der Waals surface area contributed by atoms with E-state index in [1.807, 2.05) is 61.5 Å². The highest BCUT2D eigenvalue weighted by Crippen LogP contribution is 2.40. The molecule has 7 heteroatoms. The fourth-order valence-electron chi connectivity index (χ4n) is 3.89. The van der Waals surface area contributed by atoms with Crippen LogP contribution in [0.15, 0.2) is 66.7 Å². The van der Waals surface area contributed by atoms with E-state index < -0.39 is 11.0 Å². The molecule has 0 spiro atoms. The maximum absolute atomic E-state index is 11.9. The van der Waals surface area contributed by atoms with Crippen molar-refractivity contribution in [3.05, 3.63) is 89.1 Å². The number of nitrogens with zero attached hydrogens (tertiary/aromatic N) is 1. The largest absolute Gasteiger partial charge is 0.486 e. The van der Waals surface area contributed by atoms with Crippen molar-refractivity contribution in [1.29, 1.82) is 0 Å². The van der Waals surface area contributed by atoms with Gasteiger partial charge in [0.25, 0.3) is 5.91 Å². The molecule has 156 valence electrons. The van der Waals surface area contributed by atoms with Crippen LogP contribution in [-0.4, -0.2) is 15.1 Å². The average Bonchev–Trinajstić information content (AvgIpc) is 3.32. The standard InChI is InChI=1S/C24H20N2O4S/c1-15-4-2-7-24(25-15)30-20-6-3-5-18-19(20)12-13-21(18)29-17-10-8-16(9-11-17)22-14-23(27)26-31(22)28/h2-11,14,21H,12-13H2,1H3,(H,26,27)/t21-,31?/m1/s1. The number of aryl methyl sites for hydroxylation is 1. The van der Waals surface area contributed by atoms with Gasteiger partial charge in [-0.3, -0.25) is 9.52 Å². The number of carbonyl (C=O) groups is 1. The number of amides is 1. The third kappa shape index (κ3) is 3.96. The Kier molecular flexibility index (Phi) is 5.03. The summed E-state index contributed by atoms with van der Waals surface area (Å²) in [5, 5.41) is 0. The molecule has 1 N–H and O–H groups in total. The quantitative estimate of drug-likeness (QED) is 0.647. The number of hydrogen-bond donors (Lipinski definition) is 1. The van der Waals surface area contributed by atoms with Crippen LogP contribution in [-0.2, 0) is 22.2 Å². The predicted molar refractivity (Wildman–Crippen MR) is 118 cm³/mol. The van der Waals surface area contributed by atoms with E-state index in [0.29, 0.717) is 10.8 Å². The van der Waals surface area contributed by atoms with Crippen LogP contribution < -0.4 is 14.2 Å². The molecule has 6 nitrogen and oxygen atoms in total. The van der Waals surface area contributed by atoms with E-state index in [4.69, 9.17) is 9.47 Å². The lowest BCUT2D eigenvalue weighted by Crippen LogP contribution is -2.16. The zero-order valence-corrected chi connectivity index (χ0v) is 17.6. The number of hydrogen-bond acceptors (Lipinski definition) is 5. The third-order valence-electron chi connectivity index (χ3n) is 5.32. The first-order valence-electron chi connectivity index (χ1n) is 10.0. The molecule has 2 aliphatic rings. The molecular weight excluding hydrogens is 412 g/mol. The maximum atomic E-state index is 11.9. The lowest BCUT2D eigenvalue weighted by atomic mass is 10.1. The van der Waals surface area contributed by atoms with Gasteiger partial charge in [0, 0.05) is 23.4 Å². The summed E-state index contributed by atoms with van der Waals surface area (Å²) in [5.74, 6) is 1.77. The zero-order valence-electron chi connectivity index (χ0n) is 16.8. The summed E-state index contributed by atoms with van der Waals surface area (Å²) in [6.45, 7) is 1.94.